The van der Waals surface area contributed by atoms with E-state index in [0.717, 1.165) is 0 Å². The number of carbonyl (C=O) groups is 2. The lowest BCUT2D eigenvalue weighted by atomic mass is 9.91. The first-order valence-corrected chi connectivity index (χ1v) is 6.30. The molecule has 2 aromatic carbocycles. The number of hydrogen-bond donors (Lipinski definition) is 0. The van der Waals surface area contributed by atoms with Crippen molar-refractivity contribution in [2.75, 3.05) is 0 Å². The quantitative estimate of drug-likeness (QED) is 0.483. The predicted molar refractivity (Wildman–Crippen MR) is 75.8 cm³/mol. The molecular formula is C16H13ClO2. The summed E-state index contributed by atoms with van der Waals surface area (Å²) in [5.41, 5.74) is 0.869. The Morgan fingerprint density at radius 1 is 0.789 bits per heavy atom. The lowest BCUT2D eigenvalue weighted by Crippen LogP contribution is -2.38. The predicted octanol–water partition coefficient (Wildman–Crippen LogP) is 3.75. The number of hydrogen-bond acceptors (Lipinski definition) is 2. The molecule has 96 valence electrons. The van der Waals surface area contributed by atoms with Gasteiger partial charge >= 0.3 is 0 Å². The molecule has 19 heavy (non-hydrogen) atoms. The summed E-state index contributed by atoms with van der Waals surface area (Å²) in [5.74, 6) is -0.771. The van der Waals surface area contributed by atoms with E-state index in [1.54, 1.807) is 60.7 Å². The summed E-state index contributed by atoms with van der Waals surface area (Å²) in [4.78, 5) is 23.1. The highest BCUT2D eigenvalue weighted by Gasteiger charge is 2.39. The van der Waals surface area contributed by atoms with Gasteiger partial charge in [0, 0.05) is 11.1 Å². The highest BCUT2D eigenvalue weighted by molar-refractivity contribution is 6.50. The van der Waals surface area contributed by atoms with Crippen LogP contribution in [0.4, 0.5) is 0 Å². The summed E-state index contributed by atoms with van der Waals surface area (Å²) in [6.07, 6.45) is 0. The standard InChI is InChI=1S/C16H13ClO2/c1-16(17,14(18)12-8-4-2-5-9-12)15(19)13-10-6-3-7-11-13/h2-11H,1H3. The molecule has 0 bridgehead atoms. The van der Waals surface area contributed by atoms with Crippen LogP contribution in [0.2, 0.25) is 0 Å². The number of ketones is 2. The van der Waals surface area contributed by atoms with Gasteiger partial charge in [0.2, 0.25) is 0 Å². The van der Waals surface area contributed by atoms with Gasteiger partial charge in [-0.2, -0.15) is 0 Å². The van der Waals surface area contributed by atoms with E-state index in [2.05, 4.69) is 0 Å². The summed E-state index contributed by atoms with van der Waals surface area (Å²) in [7, 11) is 0. The second kappa shape index (κ2) is 5.37. The largest absolute Gasteiger partial charge is 0.292 e. The highest BCUT2D eigenvalue weighted by atomic mass is 35.5. The minimum Gasteiger partial charge on any atom is -0.292 e. The van der Waals surface area contributed by atoms with Gasteiger partial charge in [-0.1, -0.05) is 60.7 Å². The fourth-order valence-corrected chi connectivity index (χ4v) is 2.04. The Morgan fingerprint density at radius 3 is 1.42 bits per heavy atom. The van der Waals surface area contributed by atoms with Gasteiger partial charge in [0.15, 0.2) is 16.4 Å². The van der Waals surface area contributed by atoms with Crippen molar-refractivity contribution in [3.05, 3.63) is 71.8 Å². The molecule has 0 saturated heterocycles. The lowest BCUT2D eigenvalue weighted by molar-refractivity contribution is 0.0843. The van der Waals surface area contributed by atoms with Gasteiger partial charge in [-0.05, 0) is 6.92 Å². The number of benzene rings is 2. The van der Waals surface area contributed by atoms with Crippen LogP contribution in [0.3, 0.4) is 0 Å². The zero-order valence-corrected chi connectivity index (χ0v) is 11.2. The van der Waals surface area contributed by atoms with E-state index in [0.29, 0.717) is 11.1 Å². The number of halogens is 1. The Kier molecular flexibility index (Phi) is 3.82. The first-order valence-electron chi connectivity index (χ1n) is 5.92. The van der Waals surface area contributed by atoms with Gasteiger partial charge in [0.25, 0.3) is 0 Å². The Labute approximate surface area is 117 Å². The Hall–Kier alpha value is -1.93. The summed E-state index contributed by atoms with van der Waals surface area (Å²) < 4.78 is 0. The molecular weight excluding hydrogens is 260 g/mol. The van der Waals surface area contributed by atoms with E-state index in [-0.39, 0.29) is 11.6 Å². The van der Waals surface area contributed by atoms with E-state index < -0.39 is 4.87 Å². The van der Waals surface area contributed by atoms with E-state index in [1.807, 2.05) is 0 Å². The molecule has 0 N–H and O–H groups in total. The molecule has 3 heteroatoms. The molecule has 0 aromatic heterocycles. The van der Waals surface area contributed by atoms with Crippen molar-refractivity contribution >= 4 is 23.2 Å². The summed E-state index contributed by atoms with van der Waals surface area (Å²) in [6.45, 7) is 1.44. The molecule has 0 fully saturated rings. The van der Waals surface area contributed by atoms with E-state index in [9.17, 15) is 9.59 Å². The molecule has 0 aliphatic heterocycles. The molecule has 0 amide bonds. The molecule has 0 aliphatic rings. The third-order valence-electron chi connectivity index (χ3n) is 2.92. The smallest absolute Gasteiger partial charge is 0.191 e. The Bertz CT molecular complexity index is 535. The van der Waals surface area contributed by atoms with Crippen LogP contribution >= 0.6 is 11.6 Å². The minimum absolute atomic E-state index is 0.386. The molecule has 0 radical (unpaired) electrons. The Balaban J connectivity index is 2.33. The van der Waals surface area contributed by atoms with Gasteiger partial charge < -0.3 is 0 Å². The lowest BCUT2D eigenvalue weighted by Gasteiger charge is -2.19. The molecule has 2 nitrogen and oxygen atoms in total. The summed E-state index contributed by atoms with van der Waals surface area (Å²) >= 11 is 6.21. The van der Waals surface area contributed by atoms with Crippen LogP contribution in [0.1, 0.15) is 27.6 Å². The highest BCUT2D eigenvalue weighted by Crippen LogP contribution is 2.25. The fourth-order valence-electron chi connectivity index (χ4n) is 1.82. The van der Waals surface area contributed by atoms with E-state index in [4.69, 9.17) is 11.6 Å². The van der Waals surface area contributed by atoms with Crippen LogP contribution in [0, 0.1) is 0 Å². The third-order valence-corrected chi connectivity index (χ3v) is 3.27. The summed E-state index contributed by atoms with van der Waals surface area (Å²) in [6, 6.07) is 17.2. The molecule has 0 aliphatic carbocycles. The van der Waals surface area contributed by atoms with E-state index in [1.165, 1.54) is 6.92 Å². The maximum absolute atomic E-state index is 12.3. The molecule has 0 saturated carbocycles. The molecule has 0 unspecified atom stereocenters. The van der Waals surface area contributed by atoms with Crippen molar-refractivity contribution in [3.63, 3.8) is 0 Å². The zero-order valence-electron chi connectivity index (χ0n) is 10.5. The van der Waals surface area contributed by atoms with Crippen molar-refractivity contribution in [2.45, 2.75) is 11.8 Å². The third kappa shape index (κ3) is 2.74. The molecule has 0 spiro atoms. The average Bonchev–Trinajstić information content (AvgIpc) is 2.47. The maximum Gasteiger partial charge on any atom is 0.191 e. The normalized spacial score (nSPS) is 11.1. The number of rotatable bonds is 4. The minimum atomic E-state index is -1.58. The van der Waals surface area contributed by atoms with Crippen LogP contribution in [0.5, 0.6) is 0 Å². The van der Waals surface area contributed by atoms with Crippen molar-refractivity contribution in [1.82, 2.24) is 0 Å². The van der Waals surface area contributed by atoms with Gasteiger partial charge in [0.05, 0.1) is 0 Å². The van der Waals surface area contributed by atoms with Gasteiger partial charge in [-0.25, -0.2) is 0 Å². The van der Waals surface area contributed by atoms with Crippen LogP contribution in [-0.4, -0.2) is 16.4 Å². The zero-order chi connectivity index (χ0) is 13.9. The maximum atomic E-state index is 12.3. The molecule has 2 rings (SSSR count). The van der Waals surface area contributed by atoms with Crippen LogP contribution < -0.4 is 0 Å². The first-order chi connectivity index (χ1) is 9.03. The van der Waals surface area contributed by atoms with Crippen LogP contribution in [0.25, 0.3) is 0 Å². The van der Waals surface area contributed by atoms with E-state index >= 15 is 0 Å². The Morgan fingerprint density at radius 2 is 1.11 bits per heavy atom. The van der Waals surface area contributed by atoms with Crippen molar-refractivity contribution in [2.24, 2.45) is 0 Å². The topological polar surface area (TPSA) is 34.1 Å². The van der Waals surface area contributed by atoms with Gasteiger partial charge in [-0.3, -0.25) is 9.59 Å². The molecule has 0 atom stereocenters. The molecule has 2 aromatic rings. The van der Waals surface area contributed by atoms with Gasteiger partial charge in [-0.15, -0.1) is 11.6 Å². The number of alkyl halides is 1. The van der Waals surface area contributed by atoms with Crippen LogP contribution in [0.15, 0.2) is 60.7 Å². The second-order valence-corrected chi connectivity index (χ2v) is 5.15. The second-order valence-electron chi connectivity index (χ2n) is 4.39. The molecule has 0 heterocycles. The van der Waals surface area contributed by atoms with Crippen molar-refractivity contribution in [1.29, 1.82) is 0 Å². The van der Waals surface area contributed by atoms with Crippen molar-refractivity contribution in [3.8, 4) is 0 Å². The SMILES string of the molecule is CC(Cl)(C(=O)c1ccccc1)C(=O)c1ccccc1. The van der Waals surface area contributed by atoms with Gasteiger partial charge in [0.1, 0.15) is 0 Å². The van der Waals surface area contributed by atoms with Crippen LogP contribution in [-0.2, 0) is 0 Å². The number of carbonyl (C=O) groups excluding carboxylic acids is 2. The number of Topliss-reactive ketones (excluding diaryl/α,β-unsaturated/α-hetero) is 2. The summed E-state index contributed by atoms with van der Waals surface area (Å²) in [5, 5.41) is 0. The first kappa shape index (κ1) is 13.5. The average molecular weight is 273 g/mol. The fraction of sp³-hybridized carbons (Fsp3) is 0.125. The van der Waals surface area contributed by atoms with Crippen molar-refractivity contribution < 1.29 is 9.59 Å². The monoisotopic (exact) mass is 272 g/mol.